The summed E-state index contributed by atoms with van der Waals surface area (Å²) in [6.07, 6.45) is -27.7. The molecule has 0 unspecified atom stereocenters. The second kappa shape index (κ2) is 26.7. The molecule has 6 aromatic rings. The fourth-order valence-electron chi connectivity index (χ4n) is 5.11. The fourth-order valence-corrected chi connectivity index (χ4v) is 5.60. The third kappa shape index (κ3) is 21.4. The number of hydrogen-bond donors (Lipinski definition) is 6. The standard InChI is InChI=1S/3C14H13ClF6N6/c3*1-6(13(16,17)18)22-11-25-10(8-4-3-5-9(15)24-8)26-12(27-11)23-7(2)14(19,20)21/h3*3-7H,1-2H3,(H2,22,23,25,26,27)/t3*6-,7-/m111/s1. The van der Waals surface area contributed by atoms with Crippen molar-refractivity contribution < 1.29 is 79.0 Å². The Morgan fingerprint density at radius 3 is 0.568 bits per heavy atom. The van der Waals surface area contributed by atoms with Crippen molar-refractivity contribution >= 4 is 70.5 Å². The lowest BCUT2D eigenvalue weighted by molar-refractivity contribution is -0.139. The lowest BCUT2D eigenvalue weighted by Crippen LogP contribution is -2.35. The van der Waals surface area contributed by atoms with E-state index in [1.807, 2.05) is 31.9 Å². The van der Waals surface area contributed by atoms with Gasteiger partial charge in [0.15, 0.2) is 17.5 Å². The highest BCUT2D eigenvalue weighted by molar-refractivity contribution is 6.30. The maximum Gasteiger partial charge on any atom is 0.408 e. The van der Waals surface area contributed by atoms with Crippen molar-refractivity contribution in [2.24, 2.45) is 0 Å². The van der Waals surface area contributed by atoms with Crippen molar-refractivity contribution in [3.05, 3.63) is 70.1 Å². The van der Waals surface area contributed by atoms with Gasteiger partial charge in [0.2, 0.25) is 35.7 Å². The van der Waals surface area contributed by atoms with E-state index in [1.54, 1.807) is 0 Å². The molecule has 6 rings (SSSR count). The van der Waals surface area contributed by atoms with Crippen LogP contribution in [-0.4, -0.2) is 133 Å². The summed E-state index contributed by atoms with van der Waals surface area (Å²) < 4.78 is 230. The third-order valence-corrected chi connectivity index (χ3v) is 10.4. The normalized spacial score (nSPS) is 14.6. The zero-order valence-corrected chi connectivity index (χ0v) is 43.7. The molecular weight excluding hydrogens is 1200 g/mol. The number of anilines is 6. The average Bonchev–Trinajstić information content (AvgIpc) is 3.35. The van der Waals surface area contributed by atoms with E-state index in [0.29, 0.717) is 0 Å². The Kier molecular flexibility index (Phi) is 21.8. The van der Waals surface area contributed by atoms with Crippen molar-refractivity contribution in [1.29, 1.82) is 0 Å². The molecule has 0 aliphatic carbocycles. The van der Waals surface area contributed by atoms with E-state index < -0.39 is 109 Å². The first-order valence-corrected chi connectivity index (χ1v) is 23.4. The molecule has 6 aromatic heterocycles. The van der Waals surface area contributed by atoms with Crippen LogP contribution in [0.3, 0.4) is 0 Å². The Morgan fingerprint density at radius 2 is 0.432 bits per heavy atom. The molecule has 39 heteroatoms. The van der Waals surface area contributed by atoms with Crippen LogP contribution in [-0.2, 0) is 0 Å². The van der Waals surface area contributed by atoms with Crippen LogP contribution in [0, 0.1) is 0 Å². The van der Waals surface area contributed by atoms with Gasteiger partial charge in [0, 0.05) is 0 Å². The van der Waals surface area contributed by atoms with E-state index in [4.69, 9.17) is 34.8 Å². The topological polar surface area (TPSA) is 227 Å². The molecule has 0 radical (unpaired) electrons. The van der Waals surface area contributed by atoms with E-state index in [9.17, 15) is 79.0 Å². The first kappa shape index (κ1) is 66.4. The van der Waals surface area contributed by atoms with Gasteiger partial charge in [-0.3, -0.25) is 0 Å². The number of pyridine rings is 3. The Balaban J connectivity index is 0.000000261. The number of halogens is 21. The molecule has 0 saturated heterocycles. The Labute approximate surface area is 459 Å². The average molecular weight is 1240 g/mol. The van der Waals surface area contributed by atoms with Gasteiger partial charge < -0.3 is 31.9 Å². The largest absolute Gasteiger partial charge is 0.408 e. The molecule has 18 nitrogen and oxygen atoms in total. The fraction of sp³-hybridized carbons (Fsp3) is 0.429. The van der Waals surface area contributed by atoms with Gasteiger partial charge in [0.05, 0.1) is 0 Å². The van der Waals surface area contributed by atoms with Crippen LogP contribution in [0.4, 0.5) is 115 Å². The molecule has 0 fully saturated rings. The number of hydrogen-bond acceptors (Lipinski definition) is 18. The molecule has 6 heterocycles. The van der Waals surface area contributed by atoms with Gasteiger partial charge in [-0.1, -0.05) is 53.0 Å². The molecule has 0 saturated carbocycles. The predicted octanol–water partition coefficient (Wildman–Crippen LogP) is 12.9. The van der Waals surface area contributed by atoms with Crippen LogP contribution in [0.15, 0.2) is 54.6 Å². The molecule has 6 atom stereocenters. The zero-order valence-electron chi connectivity index (χ0n) is 41.5. The molecule has 444 valence electrons. The molecule has 0 spiro atoms. The van der Waals surface area contributed by atoms with E-state index >= 15 is 0 Å². The summed E-state index contributed by atoms with van der Waals surface area (Å²) in [6, 6.07) is 0.635. The highest BCUT2D eigenvalue weighted by Gasteiger charge is 2.41. The highest BCUT2D eigenvalue weighted by Crippen LogP contribution is 2.30. The van der Waals surface area contributed by atoms with E-state index in [1.165, 1.54) is 54.6 Å². The summed E-state index contributed by atoms with van der Waals surface area (Å²) in [5.74, 6) is -4.14. The minimum atomic E-state index is -4.62. The van der Waals surface area contributed by atoms with Crippen LogP contribution in [0.1, 0.15) is 41.5 Å². The monoisotopic (exact) mass is 1240 g/mol. The summed E-state index contributed by atoms with van der Waals surface area (Å²) in [4.78, 5) is 45.2. The summed E-state index contributed by atoms with van der Waals surface area (Å²) in [5.41, 5.74) is 0.154. The maximum atomic E-state index is 12.8. The summed E-state index contributed by atoms with van der Waals surface area (Å²) in [5, 5.41) is 12.1. The molecule has 0 amide bonds. The molecule has 0 bridgehead atoms. The van der Waals surface area contributed by atoms with Gasteiger partial charge in [-0.05, 0) is 77.9 Å². The van der Waals surface area contributed by atoms with Crippen LogP contribution in [0.5, 0.6) is 0 Å². The van der Waals surface area contributed by atoms with Crippen molar-refractivity contribution in [3.63, 3.8) is 0 Å². The Bertz CT molecular complexity index is 2580. The van der Waals surface area contributed by atoms with E-state index in [2.05, 4.69) is 59.8 Å². The van der Waals surface area contributed by atoms with Crippen molar-refractivity contribution in [2.75, 3.05) is 31.9 Å². The van der Waals surface area contributed by atoms with Gasteiger partial charge in [0.25, 0.3) is 0 Å². The van der Waals surface area contributed by atoms with Gasteiger partial charge in [-0.15, -0.1) is 0 Å². The van der Waals surface area contributed by atoms with Crippen molar-refractivity contribution in [3.8, 4) is 34.6 Å². The molecule has 6 N–H and O–H groups in total. The quantitative estimate of drug-likeness (QED) is 0.0415. The minimum absolute atomic E-state index is 0.0456. The first-order chi connectivity index (χ1) is 37.1. The van der Waals surface area contributed by atoms with Crippen LogP contribution >= 0.6 is 34.8 Å². The first-order valence-electron chi connectivity index (χ1n) is 22.2. The molecular formula is C42H39Cl3F18N18. The van der Waals surface area contributed by atoms with E-state index in [-0.39, 0.29) is 50.0 Å². The Morgan fingerprint density at radius 1 is 0.272 bits per heavy atom. The van der Waals surface area contributed by atoms with Crippen molar-refractivity contribution in [1.82, 2.24) is 59.8 Å². The number of nitrogens with zero attached hydrogens (tertiary/aromatic N) is 12. The van der Waals surface area contributed by atoms with Crippen LogP contribution in [0.2, 0.25) is 15.5 Å². The van der Waals surface area contributed by atoms with E-state index in [0.717, 1.165) is 41.5 Å². The smallest absolute Gasteiger partial charge is 0.343 e. The van der Waals surface area contributed by atoms with Gasteiger partial charge in [0.1, 0.15) is 68.8 Å². The second-order valence-electron chi connectivity index (χ2n) is 16.4. The lowest BCUT2D eigenvalue weighted by Gasteiger charge is -2.20. The molecule has 81 heavy (non-hydrogen) atoms. The van der Waals surface area contributed by atoms with Crippen LogP contribution < -0.4 is 31.9 Å². The zero-order chi connectivity index (χ0) is 61.2. The van der Waals surface area contributed by atoms with Crippen molar-refractivity contribution in [2.45, 2.75) is 115 Å². The maximum absolute atomic E-state index is 12.8. The number of alkyl halides is 18. The number of rotatable bonds is 15. The molecule has 0 aliphatic rings. The third-order valence-electron chi connectivity index (χ3n) is 9.76. The summed E-state index contributed by atoms with van der Waals surface area (Å²) in [7, 11) is 0. The number of nitrogens with one attached hydrogen (secondary N) is 6. The summed E-state index contributed by atoms with van der Waals surface area (Å²) in [6.45, 7) is 4.87. The molecule has 0 aliphatic heterocycles. The van der Waals surface area contributed by atoms with Gasteiger partial charge in [-0.25, -0.2) is 15.0 Å². The second-order valence-corrected chi connectivity index (χ2v) is 17.6. The number of aromatic nitrogens is 12. The Hall–Kier alpha value is -7.11. The predicted molar refractivity (Wildman–Crippen MR) is 259 cm³/mol. The van der Waals surface area contributed by atoms with Gasteiger partial charge in [-0.2, -0.15) is 124 Å². The summed E-state index contributed by atoms with van der Waals surface area (Å²) >= 11 is 17.3. The highest BCUT2D eigenvalue weighted by atomic mass is 35.5. The SMILES string of the molecule is C[C@@H](Nc1nc(N[C@H](C)C(F)(F)F)nc(-c2cccc(Cl)n2)n1)C(F)(F)F.C[C@@H](Nc1nc(N[C@H](C)C(F)(F)F)nc(-c2cccc(Cl)n2)n1)C(F)(F)F.C[C@@H](Nc1nc(N[C@H](C)C(F)(F)F)nc(-c2cccc(Cl)n2)n1)C(F)(F)F. The van der Waals surface area contributed by atoms with Gasteiger partial charge >= 0.3 is 37.1 Å². The molecule has 0 aromatic carbocycles. The van der Waals surface area contributed by atoms with Crippen LogP contribution in [0.25, 0.3) is 34.6 Å². The lowest BCUT2D eigenvalue weighted by atomic mass is 10.3. The minimum Gasteiger partial charge on any atom is -0.343 e.